The van der Waals surface area contributed by atoms with Gasteiger partial charge in [0.05, 0.1) is 17.6 Å². The number of benzene rings is 1. The van der Waals surface area contributed by atoms with E-state index in [2.05, 4.69) is 11.4 Å². The third-order valence-corrected chi connectivity index (χ3v) is 3.73. The summed E-state index contributed by atoms with van der Waals surface area (Å²) in [5.41, 5.74) is -0.676. The molecular weight excluding hydrogens is 294 g/mol. The van der Waals surface area contributed by atoms with E-state index in [4.69, 9.17) is 16.3 Å². The SMILES string of the molecule is CCC(C#N)(CCCOc1ccc([N+](=O)[O-])c(Cl)c1)NC. The van der Waals surface area contributed by atoms with Crippen LogP contribution in [-0.2, 0) is 0 Å². The molecule has 0 fully saturated rings. The molecule has 21 heavy (non-hydrogen) atoms. The van der Waals surface area contributed by atoms with Crippen molar-refractivity contribution in [2.24, 2.45) is 0 Å². The Balaban J connectivity index is 2.52. The van der Waals surface area contributed by atoms with Gasteiger partial charge in [-0.1, -0.05) is 18.5 Å². The Hall–Kier alpha value is -1.84. The van der Waals surface area contributed by atoms with Crippen molar-refractivity contribution in [3.05, 3.63) is 33.3 Å². The third-order valence-electron chi connectivity index (χ3n) is 3.43. The number of nitriles is 1. The molecule has 0 amide bonds. The first-order valence-electron chi connectivity index (χ1n) is 6.65. The molecule has 0 aromatic heterocycles. The molecule has 0 aliphatic carbocycles. The molecule has 0 heterocycles. The summed E-state index contributed by atoms with van der Waals surface area (Å²) < 4.78 is 5.51. The van der Waals surface area contributed by atoms with Gasteiger partial charge in [0.15, 0.2) is 0 Å². The van der Waals surface area contributed by atoms with Gasteiger partial charge >= 0.3 is 0 Å². The van der Waals surface area contributed by atoms with Crippen LogP contribution in [0.5, 0.6) is 5.75 Å². The zero-order chi connectivity index (χ0) is 15.9. The van der Waals surface area contributed by atoms with Crippen LogP contribution in [0.2, 0.25) is 5.02 Å². The summed E-state index contributed by atoms with van der Waals surface area (Å²) in [6, 6.07) is 6.54. The van der Waals surface area contributed by atoms with Gasteiger partial charge in [0.25, 0.3) is 5.69 Å². The number of hydrogen-bond acceptors (Lipinski definition) is 5. The molecule has 1 unspecified atom stereocenters. The van der Waals surface area contributed by atoms with Gasteiger partial charge in [0, 0.05) is 12.1 Å². The molecule has 0 saturated heterocycles. The molecule has 1 rings (SSSR count). The van der Waals surface area contributed by atoms with E-state index in [0.29, 0.717) is 31.6 Å². The number of nitro groups is 1. The van der Waals surface area contributed by atoms with Crippen LogP contribution in [0.25, 0.3) is 0 Å². The first-order chi connectivity index (χ1) is 9.98. The van der Waals surface area contributed by atoms with Gasteiger partial charge in [-0.3, -0.25) is 10.1 Å². The lowest BCUT2D eigenvalue weighted by molar-refractivity contribution is -0.384. The lowest BCUT2D eigenvalue weighted by atomic mass is 9.92. The molecule has 0 bridgehead atoms. The highest BCUT2D eigenvalue weighted by atomic mass is 35.5. The summed E-state index contributed by atoms with van der Waals surface area (Å²) in [6.45, 7) is 2.37. The van der Waals surface area contributed by atoms with Crippen molar-refractivity contribution >= 4 is 17.3 Å². The molecule has 0 saturated carbocycles. The van der Waals surface area contributed by atoms with E-state index in [0.717, 1.165) is 0 Å². The van der Waals surface area contributed by atoms with Gasteiger partial charge in [0.2, 0.25) is 0 Å². The largest absolute Gasteiger partial charge is 0.494 e. The van der Waals surface area contributed by atoms with Gasteiger partial charge in [-0.2, -0.15) is 5.26 Å². The predicted octanol–water partition coefficient (Wildman–Crippen LogP) is 3.30. The standard InChI is InChI=1S/C14H18ClN3O3/c1-3-14(10-16,17-2)7-4-8-21-11-5-6-13(18(19)20)12(15)9-11/h5-6,9,17H,3-4,7-8H2,1-2H3. The summed E-state index contributed by atoms with van der Waals surface area (Å²) in [4.78, 5) is 10.1. The van der Waals surface area contributed by atoms with Crippen LogP contribution in [-0.4, -0.2) is 24.1 Å². The minimum atomic E-state index is -0.540. The highest BCUT2D eigenvalue weighted by Crippen LogP contribution is 2.28. The predicted molar refractivity (Wildman–Crippen MR) is 80.5 cm³/mol. The van der Waals surface area contributed by atoms with E-state index < -0.39 is 10.5 Å². The van der Waals surface area contributed by atoms with Gasteiger partial charge in [-0.25, -0.2) is 0 Å². The molecule has 1 aromatic carbocycles. The van der Waals surface area contributed by atoms with E-state index >= 15 is 0 Å². The third kappa shape index (κ3) is 4.59. The summed E-state index contributed by atoms with van der Waals surface area (Å²) in [6.07, 6.45) is 2.07. The zero-order valence-electron chi connectivity index (χ0n) is 12.1. The Morgan fingerprint density at radius 3 is 2.76 bits per heavy atom. The molecular formula is C14H18ClN3O3. The summed E-state index contributed by atoms with van der Waals surface area (Å²) in [7, 11) is 1.77. The molecule has 0 aliphatic heterocycles. The topological polar surface area (TPSA) is 88.2 Å². The van der Waals surface area contributed by atoms with Crippen LogP contribution >= 0.6 is 11.6 Å². The van der Waals surface area contributed by atoms with E-state index in [1.165, 1.54) is 18.2 Å². The van der Waals surface area contributed by atoms with Crippen LogP contribution < -0.4 is 10.1 Å². The molecule has 1 N–H and O–H groups in total. The molecule has 114 valence electrons. The Bertz CT molecular complexity index is 539. The van der Waals surface area contributed by atoms with Crippen LogP contribution in [0.3, 0.4) is 0 Å². The monoisotopic (exact) mass is 311 g/mol. The van der Waals surface area contributed by atoms with Gasteiger partial charge in [0.1, 0.15) is 16.3 Å². The zero-order valence-corrected chi connectivity index (χ0v) is 12.8. The second-order valence-corrected chi connectivity index (χ2v) is 5.03. The highest BCUT2D eigenvalue weighted by Gasteiger charge is 2.24. The average molecular weight is 312 g/mol. The first kappa shape index (κ1) is 17.2. The van der Waals surface area contributed by atoms with Gasteiger partial charge < -0.3 is 10.1 Å². The number of hydrogen-bond donors (Lipinski definition) is 1. The maximum Gasteiger partial charge on any atom is 0.288 e. The molecule has 1 aromatic rings. The van der Waals surface area contributed by atoms with Crippen LogP contribution in [0.15, 0.2) is 18.2 Å². The maximum atomic E-state index is 10.6. The Kier molecular flexibility index (Phi) is 6.40. The fourth-order valence-electron chi connectivity index (χ4n) is 1.96. The fraction of sp³-hybridized carbons (Fsp3) is 0.500. The number of nitrogens with one attached hydrogen (secondary N) is 1. The van der Waals surface area contributed by atoms with Crippen molar-refractivity contribution in [1.29, 1.82) is 5.26 Å². The van der Waals surface area contributed by atoms with E-state index in [9.17, 15) is 15.4 Å². The lowest BCUT2D eigenvalue weighted by Gasteiger charge is -2.24. The van der Waals surface area contributed by atoms with E-state index in [1.807, 2.05) is 6.92 Å². The minimum Gasteiger partial charge on any atom is -0.494 e. The fourth-order valence-corrected chi connectivity index (χ4v) is 2.20. The van der Waals surface area contributed by atoms with Gasteiger partial charge in [-0.15, -0.1) is 0 Å². The minimum absolute atomic E-state index is 0.0488. The molecule has 0 aliphatic rings. The molecule has 6 nitrogen and oxygen atoms in total. The van der Waals surface area contributed by atoms with Crippen molar-refractivity contribution in [1.82, 2.24) is 5.32 Å². The second kappa shape index (κ2) is 7.81. The summed E-state index contributed by atoms with van der Waals surface area (Å²) >= 11 is 5.80. The number of rotatable bonds is 8. The Morgan fingerprint density at radius 2 is 2.29 bits per heavy atom. The maximum absolute atomic E-state index is 10.6. The average Bonchev–Trinajstić information content (AvgIpc) is 2.48. The van der Waals surface area contributed by atoms with Crippen LogP contribution in [0.1, 0.15) is 26.2 Å². The highest BCUT2D eigenvalue weighted by molar-refractivity contribution is 6.32. The summed E-state index contributed by atoms with van der Waals surface area (Å²) in [5, 5.41) is 22.9. The van der Waals surface area contributed by atoms with Crippen LogP contribution in [0.4, 0.5) is 5.69 Å². The normalized spacial score (nSPS) is 13.2. The molecule has 7 heteroatoms. The number of halogens is 1. The smallest absolute Gasteiger partial charge is 0.288 e. The summed E-state index contributed by atoms with van der Waals surface area (Å²) in [5.74, 6) is 0.481. The second-order valence-electron chi connectivity index (χ2n) is 4.62. The molecule has 0 spiro atoms. The number of ether oxygens (including phenoxy) is 1. The number of nitrogens with zero attached hydrogens (tertiary/aromatic N) is 2. The van der Waals surface area contributed by atoms with E-state index in [1.54, 1.807) is 7.05 Å². The van der Waals surface area contributed by atoms with Crippen molar-refractivity contribution in [3.8, 4) is 11.8 Å². The number of nitro benzene ring substituents is 1. The first-order valence-corrected chi connectivity index (χ1v) is 7.02. The van der Waals surface area contributed by atoms with Crippen molar-refractivity contribution < 1.29 is 9.66 Å². The lowest BCUT2D eigenvalue weighted by Crippen LogP contribution is -2.41. The molecule has 0 radical (unpaired) electrons. The Labute approximate surface area is 128 Å². The van der Waals surface area contributed by atoms with Crippen molar-refractivity contribution in [2.45, 2.75) is 31.7 Å². The Morgan fingerprint density at radius 1 is 1.57 bits per heavy atom. The van der Waals surface area contributed by atoms with Crippen molar-refractivity contribution in [3.63, 3.8) is 0 Å². The van der Waals surface area contributed by atoms with Crippen LogP contribution in [0, 0.1) is 21.4 Å². The van der Waals surface area contributed by atoms with Crippen molar-refractivity contribution in [2.75, 3.05) is 13.7 Å². The van der Waals surface area contributed by atoms with E-state index in [-0.39, 0.29) is 10.7 Å². The van der Waals surface area contributed by atoms with Gasteiger partial charge in [-0.05, 0) is 32.4 Å². The quantitative estimate of drug-likeness (QED) is 0.452. The molecule has 1 atom stereocenters.